The van der Waals surface area contributed by atoms with E-state index in [1.807, 2.05) is 0 Å². The lowest BCUT2D eigenvalue weighted by Crippen LogP contribution is -2.05. The van der Waals surface area contributed by atoms with Crippen molar-refractivity contribution in [3.05, 3.63) is 6.92 Å². The minimum atomic E-state index is 0.614. The van der Waals surface area contributed by atoms with E-state index in [-0.39, 0.29) is 0 Å². The first-order valence-electron chi connectivity index (χ1n) is 3.73. The van der Waals surface area contributed by atoms with E-state index in [9.17, 15) is 0 Å². The highest BCUT2D eigenvalue weighted by Gasteiger charge is 2.07. The second-order valence-corrected chi connectivity index (χ2v) is 4.67. The monoisotopic (exact) mass is 269 g/mol. The molecule has 0 N–H and O–H groups in total. The molecule has 0 rings (SSSR count). The third kappa shape index (κ3) is 5.72. The summed E-state index contributed by atoms with van der Waals surface area (Å²) in [5.41, 5.74) is 0. The van der Waals surface area contributed by atoms with Crippen molar-refractivity contribution < 1.29 is 0 Å². The fraction of sp³-hybridized carbons (Fsp3) is 0.875. The molecule has 0 saturated carbocycles. The predicted molar refractivity (Wildman–Crippen MR) is 54.9 cm³/mol. The Balaban J connectivity index is 3.27. The van der Waals surface area contributed by atoms with Crippen molar-refractivity contribution >= 4 is 31.9 Å². The van der Waals surface area contributed by atoms with E-state index in [1.54, 1.807) is 0 Å². The zero-order chi connectivity index (χ0) is 7.98. The van der Waals surface area contributed by atoms with E-state index in [1.165, 1.54) is 19.3 Å². The topological polar surface area (TPSA) is 0 Å². The summed E-state index contributed by atoms with van der Waals surface area (Å²) < 4.78 is 0. The van der Waals surface area contributed by atoms with Crippen molar-refractivity contribution in [3.63, 3.8) is 0 Å². The van der Waals surface area contributed by atoms with Gasteiger partial charge in [-0.3, -0.25) is 0 Å². The van der Waals surface area contributed by atoms with Crippen LogP contribution in [0, 0.1) is 12.8 Å². The lowest BCUT2D eigenvalue weighted by atomic mass is 10.0. The van der Waals surface area contributed by atoms with E-state index in [0.717, 1.165) is 5.33 Å². The second kappa shape index (κ2) is 6.66. The molecule has 0 aromatic carbocycles. The summed E-state index contributed by atoms with van der Waals surface area (Å²) >= 11 is 7.02. The molecule has 0 fully saturated rings. The molecule has 0 aliphatic rings. The molecule has 0 aromatic heterocycles. The summed E-state index contributed by atoms with van der Waals surface area (Å²) in [7, 11) is 0. The largest absolute Gasteiger partial charge is 0.0928 e. The summed E-state index contributed by atoms with van der Waals surface area (Å²) in [4.78, 5) is 0.648. The average Bonchev–Trinajstić information content (AvgIpc) is 1.88. The Kier molecular flexibility index (Phi) is 7.30. The molecule has 0 amide bonds. The van der Waals surface area contributed by atoms with E-state index >= 15 is 0 Å². The van der Waals surface area contributed by atoms with Crippen molar-refractivity contribution in [1.82, 2.24) is 0 Å². The summed E-state index contributed by atoms with van der Waals surface area (Å²) in [6.45, 7) is 6.22. The molecule has 61 valence electrons. The summed E-state index contributed by atoms with van der Waals surface area (Å²) in [6, 6.07) is 0. The van der Waals surface area contributed by atoms with Crippen molar-refractivity contribution in [2.24, 2.45) is 5.92 Å². The number of hydrogen-bond donors (Lipinski definition) is 0. The molecule has 0 aliphatic heterocycles. The normalized spacial score (nSPS) is 16.8. The van der Waals surface area contributed by atoms with Crippen molar-refractivity contribution in [2.45, 2.75) is 31.0 Å². The van der Waals surface area contributed by atoms with Crippen LogP contribution in [0.4, 0.5) is 0 Å². The molecule has 0 nitrogen and oxygen atoms in total. The van der Waals surface area contributed by atoms with Crippen LogP contribution in [-0.4, -0.2) is 10.2 Å². The maximum Gasteiger partial charge on any atom is 0.0156 e. The minimum absolute atomic E-state index is 0.614. The van der Waals surface area contributed by atoms with Crippen molar-refractivity contribution in [3.8, 4) is 0 Å². The van der Waals surface area contributed by atoms with Crippen LogP contribution in [0.1, 0.15) is 26.2 Å². The van der Waals surface area contributed by atoms with E-state index in [2.05, 4.69) is 45.7 Å². The molecule has 0 saturated heterocycles. The van der Waals surface area contributed by atoms with Gasteiger partial charge in [-0.05, 0) is 18.8 Å². The van der Waals surface area contributed by atoms with Gasteiger partial charge in [0.25, 0.3) is 0 Å². The van der Waals surface area contributed by atoms with Gasteiger partial charge in [0, 0.05) is 10.2 Å². The second-order valence-electron chi connectivity index (χ2n) is 2.58. The Labute approximate surface area is 81.0 Å². The highest BCUT2D eigenvalue weighted by Crippen LogP contribution is 2.18. The molecule has 0 heterocycles. The zero-order valence-electron chi connectivity index (χ0n) is 6.45. The average molecular weight is 271 g/mol. The Bertz CT molecular complexity index is 73.7. The van der Waals surface area contributed by atoms with Crippen LogP contribution in [0.25, 0.3) is 0 Å². The van der Waals surface area contributed by atoms with Crippen molar-refractivity contribution in [2.75, 3.05) is 5.33 Å². The maximum absolute atomic E-state index is 4.03. The van der Waals surface area contributed by atoms with Gasteiger partial charge in [-0.2, -0.15) is 0 Å². The molecule has 0 aromatic rings. The van der Waals surface area contributed by atoms with Crippen LogP contribution in [0.2, 0.25) is 0 Å². The van der Waals surface area contributed by atoms with E-state index in [4.69, 9.17) is 0 Å². The van der Waals surface area contributed by atoms with Gasteiger partial charge in [-0.15, -0.1) is 0 Å². The highest BCUT2D eigenvalue weighted by atomic mass is 79.9. The van der Waals surface area contributed by atoms with Crippen molar-refractivity contribution in [1.29, 1.82) is 0 Å². The Hall–Kier alpha value is 0.960. The molecule has 2 heteroatoms. The summed E-state index contributed by atoms with van der Waals surface area (Å²) in [5, 5.41) is 1.08. The number of rotatable bonds is 5. The highest BCUT2D eigenvalue weighted by molar-refractivity contribution is 9.10. The van der Waals surface area contributed by atoms with Gasteiger partial charge in [0.05, 0.1) is 0 Å². The first-order chi connectivity index (χ1) is 4.70. The van der Waals surface area contributed by atoms with Gasteiger partial charge in [0.15, 0.2) is 0 Å². The van der Waals surface area contributed by atoms with Crippen LogP contribution < -0.4 is 0 Å². The molecule has 2 unspecified atom stereocenters. The first-order valence-corrected chi connectivity index (χ1v) is 5.77. The lowest BCUT2D eigenvalue weighted by molar-refractivity contribution is 0.553. The standard InChI is InChI=1S/C8H15Br2/c1-3-7(2)6-8(10)4-5-9/h7-8H,2-6H2,1H3. The third-order valence-corrected chi connectivity index (χ3v) is 2.88. The predicted octanol–water partition coefficient (Wildman–Crippen LogP) is 3.79. The fourth-order valence-electron chi connectivity index (χ4n) is 0.765. The number of halogens is 2. The SMILES string of the molecule is [CH2]C(CC)CC(Br)CCBr. The fourth-order valence-corrected chi connectivity index (χ4v) is 2.69. The van der Waals surface area contributed by atoms with Gasteiger partial charge >= 0.3 is 0 Å². The molecule has 0 spiro atoms. The quantitative estimate of drug-likeness (QED) is 0.667. The molecule has 0 aliphatic carbocycles. The van der Waals surface area contributed by atoms with Crippen LogP contribution in [0.5, 0.6) is 0 Å². The van der Waals surface area contributed by atoms with Gasteiger partial charge in [-0.25, -0.2) is 0 Å². The maximum atomic E-state index is 4.03. The lowest BCUT2D eigenvalue weighted by Gasteiger charge is -2.12. The molecular formula is C8H15Br2. The summed E-state index contributed by atoms with van der Waals surface area (Å²) in [5.74, 6) is 0.614. The van der Waals surface area contributed by atoms with Gasteiger partial charge in [0.2, 0.25) is 0 Å². The zero-order valence-corrected chi connectivity index (χ0v) is 9.62. The molecule has 1 radical (unpaired) electrons. The molecule has 0 bridgehead atoms. The Morgan fingerprint density at radius 1 is 1.50 bits per heavy atom. The van der Waals surface area contributed by atoms with E-state index < -0.39 is 0 Å². The number of hydrogen-bond acceptors (Lipinski definition) is 0. The van der Waals surface area contributed by atoms with E-state index in [0.29, 0.717) is 10.7 Å². The van der Waals surface area contributed by atoms with Crippen LogP contribution >= 0.6 is 31.9 Å². The minimum Gasteiger partial charge on any atom is -0.0928 e. The van der Waals surface area contributed by atoms with Gasteiger partial charge in [0.1, 0.15) is 0 Å². The Morgan fingerprint density at radius 2 is 2.10 bits per heavy atom. The third-order valence-electron chi connectivity index (χ3n) is 1.59. The first kappa shape index (κ1) is 11.0. The summed E-state index contributed by atoms with van der Waals surface area (Å²) in [6.07, 6.45) is 3.58. The van der Waals surface area contributed by atoms with Gasteiger partial charge < -0.3 is 0 Å². The molecule has 10 heavy (non-hydrogen) atoms. The van der Waals surface area contributed by atoms with Crippen LogP contribution in [-0.2, 0) is 0 Å². The smallest absolute Gasteiger partial charge is 0.0156 e. The Morgan fingerprint density at radius 3 is 2.50 bits per heavy atom. The molecule has 2 atom stereocenters. The molecular weight excluding hydrogens is 256 g/mol. The van der Waals surface area contributed by atoms with Crippen LogP contribution in [0.3, 0.4) is 0 Å². The van der Waals surface area contributed by atoms with Crippen LogP contribution in [0.15, 0.2) is 0 Å². The van der Waals surface area contributed by atoms with Gasteiger partial charge in [-0.1, -0.05) is 52.1 Å². The number of alkyl halides is 2.